The molecule has 0 aromatic heterocycles. The molecule has 1 aliphatic carbocycles. The molecule has 1 fully saturated rings. The summed E-state index contributed by atoms with van der Waals surface area (Å²) >= 11 is 0. The van der Waals surface area contributed by atoms with Gasteiger partial charge in [-0.3, -0.25) is 0 Å². The van der Waals surface area contributed by atoms with Gasteiger partial charge in [-0.2, -0.15) is 5.26 Å². The number of methoxy groups -OCH3 is 2. The van der Waals surface area contributed by atoms with E-state index in [9.17, 15) is 5.26 Å². The Morgan fingerprint density at radius 1 is 0.673 bits per heavy atom. The van der Waals surface area contributed by atoms with Gasteiger partial charge >= 0.3 is 0 Å². The van der Waals surface area contributed by atoms with Crippen molar-refractivity contribution < 1.29 is 9.47 Å². The number of fused-ring (bicyclic) bond motifs is 2. The molecular formula is C45H58N2O2. The van der Waals surface area contributed by atoms with Gasteiger partial charge in [0.2, 0.25) is 0 Å². The standard InChI is InChI=1S/C45H58N2O2/c1-4-5-6-7-8-9-10-11-12-17-29-45(35-46,39-25-26-42(48-2)43(34-39)49-3)30-18-31-47-32-27-38(28-33-47)44-40-21-15-13-19-36(40)23-24-37-20-14-16-22-41(37)44/h13-16,19-26,34H,4-12,17-18,27-33H2,1-3H3. The van der Waals surface area contributed by atoms with Crippen LogP contribution in [0.25, 0.3) is 17.7 Å². The predicted octanol–water partition coefficient (Wildman–Crippen LogP) is 11.6. The largest absolute Gasteiger partial charge is 0.493 e. The van der Waals surface area contributed by atoms with Crippen molar-refractivity contribution in [2.75, 3.05) is 33.9 Å². The number of unbranched alkanes of at least 4 members (excludes halogenated alkanes) is 9. The van der Waals surface area contributed by atoms with Crippen LogP contribution in [0, 0.1) is 11.3 Å². The van der Waals surface area contributed by atoms with E-state index >= 15 is 0 Å². The molecule has 1 atom stereocenters. The summed E-state index contributed by atoms with van der Waals surface area (Å²) in [4.78, 5) is 2.62. The van der Waals surface area contributed by atoms with Crippen LogP contribution < -0.4 is 9.47 Å². The zero-order chi connectivity index (χ0) is 34.3. The Labute approximate surface area is 296 Å². The number of hydrogen-bond donors (Lipinski definition) is 0. The van der Waals surface area contributed by atoms with Gasteiger partial charge in [-0.25, -0.2) is 0 Å². The maximum atomic E-state index is 10.8. The number of ether oxygens (including phenoxy) is 2. The zero-order valence-corrected chi connectivity index (χ0v) is 30.4. The van der Waals surface area contributed by atoms with Gasteiger partial charge in [-0.1, -0.05) is 143 Å². The lowest BCUT2D eigenvalue weighted by molar-refractivity contribution is 0.243. The highest BCUT2D eigenvalue weighted by molar-refractivity contribution is 5.94. The lowest BCUT2D eigenvalue weighted by atomic mass is 9.74. The normalized spacial score (nSPS) is 15.6. The molecule has 1 heterocycles. The lowest BCUT2D eigenvalue weighted by Crippen LogP contribution is -2.33. The van der Waals surface area contributed by atoms with Crippen molar-refractivity contribution in [3.05, 3.63) is 100 Å². The Kier molecular flexibility index (Phi) is 14.0. The molecule has 5 rings (SSSR count). The monoisotopic (exact) mass is 658 g/mol. The molecule has 49 heavy (non-hydrogen) atoms. The van der Waals surface area contributed by atoms with Crippen molar-refractivity contribution in [1.82, 2.24) is 4.90 Å². The van der Waals surface area contributed by atoms with Crippen LogP contribution in [-0.2, 0) is 5.41 Å². The van der Waals surface area contributed by atoms with Gasteiger partial charge in [0.05, 0.1) is 25.7 Å². The molecule has 1 saturated heterocycles. The number of rotatable bonds is 18. The lowest BCUT2D eigenvalue weighted by Gasteiger charge is -2.32. The molecule has 0 saturated carbocycles. The molecule has 0 radical (unpaired) electrons. The molecule has 0 spiro atoms. The van der Waals surface area contributed by atoms with Crippen LogP contribution in [0.5, 0.6) is 11.5 Å². The van der Waals surface area contributed by atoms with Crippen LogP contribution in [-0.4, -0.2) is 38.8 Å². The Morgan fingerprint density at radius 3 is 1.80 bits per heavy atom. The summed E-state index contributed by atoms with van der Waals surface area (Å²) in [7, 11) is 3.35. The summed E-state index contributed by atoms with van der Waals surface area (Å²) in [6.45, 7) is 5.42. The Balaban J connectivity index is 1.22. The number of nitrogens with zero attached hydrogens (tertiary/aromatic N) is 2. The minimum Gasteiger partial charge on any atom is -0.493 e. The summed E-state index contributed by atoms with van der Waals surface area (Å²) in [5.74, 6) is 1.42. The Morgan fingerprint density at radius 2 is 1.22 bits per heavy atom. The maximum Gasteiger partial charge on any atom is 0.161 e. The van der Waals surface area contributed by atoms with Crippen molar-refractivity contribution >= 4 is 17.7 Å². The van der Waals surface area contributed by atoms with E-state index in [1.165, 1.54) is 85.6 Å². The summed E-state index contributed by atoms with van der Waals surface area (Å²) in [5.41, 5.74) is 8.85. The average Bonchev–Trinajstić information content (AvgIpc) is 3.32. The topological polar surface area (TPSA) is 45.5 Å². The van der Waals surface area contributed by atoms with Crippen LogP contribution in [0.2, 0.25) is 0 Å². The van der Waals surface area contributed by atoms with Crippen molar-refractivity contribution in [3.63, 3.8) is 0 Å². The maximum absolute atomic E-state index is 10.8. The van der Waals surface area contributed by atoms with E-state index in [1.54, 1.807) is 19.8 Å². The van der Waals surface area contributed by atoms with Crippen LogP contribution in [0.1, 0.15) is 131 Å². The first kappa shape index (κ1) is 36.5. The van der Waals surface area contributed by atoms with E-state index in [0.717, 1.165) is 63.7 Å². The van der Waals surface area contributed by atoms with Gasteiger partial charge in [-0.15, -0.1) is 0 Å². The first-order valence-corrected chi connectivity index (χ1v) is 19.1. The minimum absolute atomic E-state index is 0.524. The summed E-state index contributed by atoms with van der Waals surface area (Å²) in [6, 6.07) is 26.6. The van der Waals surface area contributed by atoms with E-state index in [4.69, 9.17) is 9.47 Å². The fraction of sp³-hybridized carbons (Fsp3) is 0.489. The number of likely N-dealkylation sites (tertiary alicyclic amines) is 1. The average molecular weight is 659 g/mol. The highest BCUT2D eigenvalue weighted by atomic mass is 16.5. The van der Waals surface area contributed by atoms with E-state index in [2.05, 4.69) is 90.7 Å². The van der Waals surface area contributed by atoms with Crippen LogP contribution in [0.4, 0.5) is 0 Å². The molecule has 0 N–H and O–H groups in total. The van der Waals surface area contributed by atoms with Crippen molar-refractivity contribution in [2.24, 2.45) is 0 Å². The number of hydrogen-bond acceptors (Lipinski definition) is 4. The number of benzene rings is 3. The predicted molar refractivity (Wildman–Crippen MR) is 206 cm³/mol. The van der Waals surface area contributed by atoms with Crippen LogP contribution >= 0.6 is 0 Å². The molecule has 1 unspecified atom stereocenters. The molecule has 4 heteroatoms. The third-order valence-electron chi connectivity index (χ3n) is 10.9. The fourth-order valence-corrected chi connectivity index (χ4v) is 7.98. The molecule has 1 aliphatic heterocycles. The molecule has 2 aliphatic rings. The van der Waals surface area contributed by atoms with Crippen molar-refractivity contribution in [3.8, 4) is 17.6 Å². The third-order valence-corrected chi connectivity index (χ3v) is 10.9. The van der Waals surface area contributed by atoms with Gasteiger partial charge in [0, 0.05) is 13.1 Å². The number of nitriles is 1. The van der Waals surface area contributed by atoms with E-state index in [0.29, 0.717) is 11.5 Å². The van der Waals surface area contributed by atoms with Gasteiger partial charge in [0.1, 0.15) is 0 Å². The molecule has 0 bridgehead atoms. The molecule has 0 amide bonds. The molecular weight excluding hydrogens is 601 g/mol. The van der Waals surface area contributed by atoms with E-state index < -0.39 is 5.41 Å². The third kappa shape index (κ3) is 9.46. The fourth-order valence-electron chi connectivity index (χ4n) is 7.98. The van der Waals surface area contributed by atoms with Gasteiger partial charge in [-0.05, 0) is 84.2 Å². The molecule has 4 nitrogen and oxygen atoms in total. The van der Waals surface area contributed by atoms with E-state index in [-0.39, 0.29) is 0 Å². The summed E-state index contributed by atoms with van der Waals surface area (Å²) in [5, 5.41) is 10.8. The second kappa shape index (κ2) is 18.8. The first-order chi connectivity index (χ1) is 24.1. The van der Waals surface area contributed by atoms with Gasteiger partial charge in [0.25, 0.3) is 0 Å². The van der Waals surface area contributed by atoms with E-state index in [1.807, 2.05) is 6.07 Å². The smallest absolute Gasteiger partial charge is 0.161 e. The first-order valence-electron chi connectivity index (χ1n) is 19.1. The molecule has 3 aromatic rings. The highest BCUT2D eigenvalue weighted by Crippen LogP contribution is 2.41. The number of piperidine rings is 1. The second-order valence-corrected chi connectivity index (χ2v) is 14.1. The highest BCUT2D eigenvalue weighted by Gasteiger charge is 2.33. The SMILES string of the molecule is CCCCCCCCCCCCC(C#N)(CCCN1CCC(=C2c3ccccc3C=Cc3ccccc32)CC1)c1ccc(OC)c(OC)c1. The molecule has 260 valence electrons. The van der Waals surface area contributed by atoms with Crippen LogP contribution in [0.15, 0.2) is 72.3 Å². The zero-order valence-electron chi connectivity index (χ0n) is 30.4. The summed E-state index contributed by atoms with van der Waals surface area (Å²) < 4.78 is 11.2. The van der Waals surface area contributed by atoms with Gasteiger partial charge < -0.3 is 14.4 Å². The second-order valence-electron chi connectivity index (χ2n) is 14.1. The molecule has 3 aromatic carbocycles. The summed E-state index contributed by atoms with van der Waals surface area (Å²) in [6.07, 6.45) is 22.4. The quantitative estimate of drug-likeness (QED) is 0.0998. The van der Waals surface area contributed by atoms with Crippen molar-refractivity contribution in [2.45, 2.75) is 109 Å². The minimum atomic E-state index is -0.524. The van der Waals surface area contributed by atoms with Crippen LogP contribution in [0.3, 0.4) is 0 Å². The van der Waals surface area contributed by atoms with Gasteiger partial charge in [0.15, 0.2) is 11.5 Å². The van der Waals surface area contributed by atoms with Crippen molar-refractivity contribution in [1.29, 1.82) is 5.26 Å². The Bertz CT molecular complexity index is 1540. The Hall–Kier alpha value is -3.81.